The first-order valence-corrected chi connectivity index (χ1v) is 11.5. The van der Waals surface area contributed by atoms with Crippen LogP contribution < -0.4 is 5.69 Å². The fraction of sp³-hybridized carbons (Fsp3) is 0.625. The Morgan fingerprint density at radius 2 is 1.88 bits per heavy atom. The van der Waals surface area contributed by atoms with Gasteiger partial charge in [-0.05, 0) is 47.8 Å². The van der Waals surface area contributed by atoms with Crippen LogP contribution in [0.1, 0.15) is 46.2 Å². The summed E-state index contributed by atoms with van der Waals surface area (Å²) in [5.41, 5.74) is -0.538. The number of aliphatic hydroxyl groups is 1. The number of hydrogen-bond donors (Lipinski definition) is 1. The predicted octanol–water partition coefficient (Wildman–Crippen LogP) is 3.35. The lowest BCUT2D eigenvalue weighted by molar-refractivity contribution is -0.256. The van der Waals surface area contributed by atoms with Gasteiger partial charge in [0, 0.05) is 26.7 Å². The Hall–Kier alpha value is -2.62. The van der Waals surface area contributed by atoms with E-state index in [1.54, 1.807) is 11.6 Å². The predicted molar refractivity (Wildman–Crippen MR) is 122 cm³/mol. The van der Waals surface area contributed by atoms with Gasteiger partial charge in [0.05, 0.1) is 11.2 Å². The number of imidazole rings is 1. The molecule has 1 aliphatic carbocycles. The molecule has 1 N–H and O–H groups in total. The summed E-state index contributed by atoms with van der Waals surface area (Å²) in [4.78, 5) is 31.2. The number of rotatable bonds is 4. The van der Waals surface area contributed by atoms with Gasteiger partial charge in [-0.25, -0.2) is 9.78 Å². The third-order valence-corrected chi connectivity index (χ3v) is 6.95. The molecule has 186 valence electrons. The topological polar surface area (TPSA) is 80.4 Å². The van der Waals surface area contributed by atoms with Crippen molar-refractivity contribution in [1.82, 2.24) is 19.0 Å². The maximum atomic E-state index is 13.3. The minimum Gasteiger partial charge on any atom is -0.373 e. The summed E-state index contributed by atoms with van der Waals surface area (Å²) in [6, 6.07) is 3.76. The van der Waals surface area contributed by atoms with E-state index >= 15 is 0 Å². The van der Waals surface area contributed by atoms with Gasteiger partial charge in [0.2, 0.25) is 5.60 Å². The van der Waals surface area contributed by atoms with Gasteiger partial charge < -0.3 is 10.0 Å². The SMILES string of the molecule is CC[C@](O)(C(=O)N1CC2C=C(c3ccc4c(n3)n(C)c(=O)n4CC(C)(C)C)CC2C1)C(F)(F)F. The molecule has 0 aromatic carbocycles. The molecule has 2 unspecified atom stereocenters. The van der Waals surface area contributed by atoms with Crippen LogP contribution in [0.5, 0.6) is 0 Å². The van der Waals surface area contributed by atoms with Gasteiger partial charge in [-0.2, -0.15) is 13.2 Å². The molecule has 0 bridgehead atoms. The molecule has 0 saturated carbocycles. The van der Waals surface area contributed by atoms with Crippen molar-refractivity contribution in [3.05, 3.63) is 34.4 Å². The molecule has 2 aliphatic rings. The van der Waals surface area contributed by atoms with Gasteiger partial charge in [0.25, 0.3) is 5.91 Å². The minimum atomic E-state index is -5.02. The molecule has 1 aliphatic heterocycles. The van der Waals surface area contributed by atoms with Crippen LogP contribution in [0, 0.1) is 17.3 Å². The number of likely N-dealkylation sites (tertiary alicyclic amines) is 1. The molecule has 2 aromatic heterocycles. The van der Waals surface area contributed by atoms with Crippen molar-refractivity contribution in [2.75, 3.05) is 13.1 Å². The number of fused-ring (bicyclic) bond motifs is 2. The molecule has 7 nitrogen and oxygen atoms in total. The summed E-state index contributed by atoms with van der Waals surface area (Å²) in [5, 5.41) is 10.0. The van der Waals surface area contributed by atoms with E-state index in [1.807, 2.05) is 18.2 Å². The Balaban J connectivity index is 1.57. The first kappa shape index (κ1) is 24.5. The Kier molecular flexibility index (Phi) is 5.74. The van der Waals surface area contributed by atoms with E-state index in [1.165, 1.54) is 4.57 Å². The van der Waals surface area contributed by atoms with Crippen LogP contribution in [0.3, 0.4) is 0 Å². The second-order valence-electron chi connectivity index (χ2n) is 10.8. The highest BCUT2D eigenvalue weighted by Crippen LogP contribution is 2.43. The molecule has 0 spiro atoms. The molecule has 34 heavy (non-hydrogen) atoms. The van der Waals surface area contributed by atoms with Gasteiger partial charge in [-0.1, -0.05) is 33.8 Å². The molecule has 3 atom stereocenters. The Labute approximate surface area is 195 Å². The number of carbonyl (C=O) groups is 1. The largest absolute Gasteiger partial charge is 0.426 e. The number of amides is 1. The second kappa shape index (κ2) is 7.96. The van der Waals surface area contributed by atoms with Crippen molar-refractivity contribution < 1.29 is 23.1 Å². The molecular formula is C24H31F3N4O3. The van der Waals surface area contributed by atoms with Crippen LogP contribution in [0.15, 0.2) is 23.0 Å². The summed E-state index contributed by atoms with van der Waals surface area (Å²) >= 11 is 0. The first-order chi connectivity index (χ1) is 15.7. The van der Waals surface area contributed by atoms with Crippen molar-refractivity contribution in [1.29, 1.82) is 0 Å². The molecule has 1 fully saturated rings. The van der Waals surface area contributed by atoms with Crippen LogP contribution in [0.2, 0.25) is 0 Å². The molecule has 4 rings (SSSR count). The Morgan fingerprint density at radius 3 is 2.44 bits per heavy atom. The summed E-state index contributed by atoms with van der Waals surface area (Å²) in [5.74, 6) is -1.40. The number of aromatic nitrogens is 3. The van der Waals surface area contributed by atoms with E-state index in [2.05, 4.69) is 20.8 Å². The van der Waals surface area contributed by atoms with Crippen LogP contribution in [0.25, 0.3) is 16.7 Å². The van der Waals surface area contributed by atoms with E-state index in [0.29, 0.717) is 18.6 Å². The summed E-state index contributed by atoms with van der Waals surface area (Å²) in [6.45, 7) is 8.19. The number of carbonyl (C=O) groups excluding carboxylic acids is 1. The number of alkyl halides is 3. The highest BCUT2D eigenvalue weighted by atomic mass is 19.4. The van der Waals surface area contributed by atoms with Gasteiger partial charge in [-0.15, -0.1) is 0 Å². The number of hydrogen-bond acceptors (Lipinski definition) is 4. The van der Waals surface area contributed by atoms with Gasteiger partial charge >= 0.3 is 11.9 Å². The van der Waals surface area contributed by atoms with Crippen LogP contribution >= 0.6 is 0 Å². The third-order valence-electron chi connectivity index (χ3n) is 6.95. The summed E-state index contributed by atoms with van der Waals surface area (Å²) in [7, 11) is 1.69. The molecule has 0 radical (unpaired) electrons. The average molecular weight is 481 g/mol. The lowest BCUT2D eigenvalue weighted by Gasteiger charge is -2.32. The number of allylic oxidation sites excluding steroid dienone is 1. The highest BCUT2D eigenvalue weighted by Gasteiger charge is 2.60. The number of aryl methyl sites for hydroxylation is 1. The standard InChI is InChI=1S/C24H31F3N4O3/c1-6-23(34,24(25,26)27)20(32)30-11-15-9-14(10-16(15)12-30)17-7-8-18-19(28-17)29(5)21(33)31(18)13-22(2,3)4/h7-9,15-16,34H,6,10-13H2,1-5H3/t15?,16?,23-/m0/s1. The molecule has 2 aromatic rings. The highest BCUT2D eigenvalue weighted by molar-refractivity contribution is 5.86. The molecule has 1 saturated heterocycles. The Morgan fingerprint density at radius 1 is 1.21 bits per heavy atom. The van der Waals surface area contributed by atoms with Gasteiger partial charge in [0.15, 0.2) is 5.65 Å². The number of pyridine rings is 1. The van der Waals surface area contributed by atoms with Crippen molar-refractivity contribution >= 4 is 22.6 Å². The second-order valence-corrected chi connectivity index (χ2v) is 10.8. The van der Waals surface area contributed by atoms with E-state index in [0.717, 1.165) is 28.6 Å². The zero-order valence-electron chi connectivity index (χ0n) is 20.1. The summed E-state index contributed by atoms with van der Waals surface area (Å²) < 4.78 is 43.2. The number of nitrogens with zero attached hydrogens (tertiary/aromatic N) is 4. The molecule has 1 amide bonds. The molecular weight excluding hydrogens is 449 g/mol. The third kappa shape index (κ3) is 3.95. The molecule has 3 heterocycles. The van der Waals surface area contributed by atoms with E-state index in [-0.39, 0.29) is 36.0 Å². The maximum Gasteiger partial charge on any atom is 0.426 e. The smallest absolute Gasteiger partial charge is 0.373 e. The normalized spacial score (nSPS) is 22.7. The monoisotopic (exact) mass is 480 g/mol. The lowest BCUT2D eigenvalue weighted by atomic mass is 9.97. The summed E-state index contributed by atoms with van der Waals surface area (Å²) in [6.07, 6.45) is -3.20. The first-order valence-electron chi connectivity index (χ1n) is 11.5. The van der Waals surface area contributed by atoms with Crippen LogP contribution in [0.4, 0.5) is 13.2 Å². The van der Waals surface area contributed by atoms with Crippen molar-refractivity contribution in [2.24, 2.45) is 24.3 Å². The Bertz CT molecular complexity index is 1220. The van der Waals surface area contributed by atoms with E-state index in [4.69, 9.17) is 4.98 Å². The zero-order chi connectivity index (χ0) is 25.2. The van der Waals surface area contributed by atoms with Gasteiger partial charge in [-0.3, -0.25) is 13.9 Å². The van der Waals surface area contributed by atoms with Crippen molar-refractivity contribution in [3.8, 4) is 0 Å². The molecule has 10 heteroatoms. The van der Waals surface area contributed by atoms with Gasteiger partial charge in [0.1, 0.15) is 0 Å². The minimum absolute atomic E-state index is 0.0277. The van der Waals surface area contributed by atoms with Crippen molar-refractivity contribution in [3.63, 3.8) is 0 Å². The number of halogens is 3. The maximum absolute atomic E-state index is 13.3. The lowest BCUT2D eigenvalue weighted by Crippen LogP contribution is -2.57. The van der Waals surface area contributed by atoms with Crippen LogP contribution in [-0.4, -0.2) is 54.9 Å². The van der Waals surface area contributed by atoms with E-state index < -0.39 is 24.1 Å². The van der Waals surface area contributed by atoms with Crippen LogP contribution in [-0.2, 0) is 18.4 Å². The average Bonchev–Trinajstić information content (AvgIpc) is 3.38. The zero-order valence-corrected chi connectivity index (χ0v) is 20.1. The fourth-order valence-corrected chi connectivity index (χ4v) is 5.08. The quantitative estimate of drug-likeness (QED) is 0.728. The van der Waals surface area contributed by atoms with Crippen molar-refractivity contribution in [2.45, 2.75) is 58.9 Å². The van der Waals surface area contributed by atoms with E-state index in [9.17, 15) is 27.9 Å². The fourth-order valence-electron chi connectivity index (χ4n) is 5.08.